The van der Waals surface area contributed by atoms with Crippen molar-refractivity contribution in [1.82, 2.24) is 0 Å². The SMILES string of the molecule is O.O.O.O.O.O.O.O.O.O=S(=O)([O-])C(F)(F)F.O=S(=O)([O-])C(F)(F)F.O=S(=O)([O-])C(F)(F)F.[Cm]. The molecule has 0 saturated carbocycles. The van der Waals surface area contributed by atoms with Gasteiger partial charge in [0.05, 0.1) is 0 Å². The van der Waals surface area contributed by atoms with E-state index in [4.69, 9.17) is 38.9 Å². The second-order valence-corrected chi connectivity index (χ2v) is 6.81. The second-order valence-electron chi connectivity index (χ2n) is 2.70. The van der Waals surface area contributed by atoms with E-state index >= 15 is 0 Å². The van der Waals surface area contributed by atoms with Crippen LogP contribution in [0.1, 0.15) is 0 Å². The minimum absolute atomic E-state index is 0. The fraction of sp³-hybridized carbons (Fsp3) is 1.00. The third-order valence-electron chi connectivity index (χ3n) is 0.850. The van der Waals surface area contributed by atoms with E-state index < -0.39 is 46.9 Å². The summed E-state index contributed by atoms with van der Waals surface area (Å²) in [5.74, 6) is 0. The first-order chi connectivity index (χ1) is 9.75. The third kappa shape index (κ3) is 40.1. The zero-order valence-corrected chi connectivity index (χ0v) is 20.0. The minimum Gasteiger partial charge on any atom is -0.741 e. The Balaban J connectivity index is -0.0000000154. The van der Waals surface area contributed by atoms with Crippen molar-refractivity contribution in [2.75, 3.05) is 0 Å². The van der Waals surface area contributed by atoms with E-state index in [1.165, 1.54) is 0 Å². The number of hydrogen-bond donors (Lipinski definition) is 0. The van der Waals surface area contributed by atoms with Gasteiger partial charge in [0.1, 0.15) is 0 Å². The van der Waals surface area contributed by atoms with Crippen LogP contribution in [0.4, 0.5) is 39.5 Å². The molecule has 0 aromatic rings. The topological polar surface area (TPSA) is 455 Å². The van der Waals surface area contributed by atoms with Gasteiger partial charge in [-0.15, -0.1) is 0 Å². The summed E-state index contributed by atoms with van der Waals surface area (Å²) in [4.78, 5) is 0. The summed E-state index contributed by atoms with van der Waals surface area (Å²) >= 11 is 0. The average Bonchev–Trinajstić information content (AvgIpc) is 2.08. The van der Waals surface area contributed by atoms with Crippen LogP contribution in [0.25, 0.3) is 0 Å². The number of hydrogen-bond acceptors (Lipinski definition) is 9. The Morgan fingerprint density at radius 2 is 0.382 bits per heavy atom. The van der Waals surface area contributed by atoms with E-state index in [0.717, 1.165) is 0 Å². The average molecular weight is 856 g/mol. The van der Waals surface area contributed by atoms with Gasteiger partial charge in [-0.2, -0.15) is 39.5 Å². The van der Waals surface area contributed by atoms with Crippen molar-refractivity contribution >= 4 is 30.4 Å². The van der Waals surface area contributed by atoms with Gasteiger partial charge in [-0.1, -0.05) is 0 Å². The Labute approximate surface area is 175 Å². The molecule has 0 fully saturated rings. The van der Waals surface area contributed by atoms with Crippen molar-refractivity contribution in [3.05, 3.63) is 0 Å². The molecule has 18 N–H and O–H groups in total. The minimum atomic E-state index is -6.09. The van der Waals surface area contributed by atoms with Gasteiger partial charge in [-0.05, 0) is 0 Å². The Morgan fingerprint density at radius 3 is 0.382 bits per heavy atom. The van der Waals surface area contributed by atoms with E-state index in [2.05, 4.69) is 0 Å². The Morgan fingerprint density at radius 1 is 0.353 bits per heavy atom. The normalized spacial score (nSPS) is 9.88. The van der Waals surface area contributed by atoms with Crippen LogP contribution in [-0.4, -0.2) is 105 Å². The maximum atomic E-state index is 10.7. The van der Waals surface area contributed by atoms with Crippen molar-refractivity contribution < 1.29 is 128 Å². The van der Waals surface area contributed by atoms with Crippen molar-refractivity contribution in [3.63, 3.8) is 0 Å². The summed E-state index contributed by atoms with van der Waals surface area (Å²) in [6.07, 6.45) is 0. The first-order valence-electron chi connectivity index (χ1n) is 3.81. The first kappa shape index (κ1) is 85.4. The summed E-state index contributed by atoms with van der Waals surface area (Å²) in [6.45, 7) is 0. The fourth-order valence-electron chi connectivity index (χ4n) is 0. The van der Waals surface area contributed by atoms with Gasteiger partial charge < -0.3 is 62.9 Å². The molecule has 0 bridgehead atoms. The molecule has 0 atom stereocenters. The Hall–Kier alpha value is -2.26. The quantitative estimate of drug-likeness (QED) is 0.127. The molecular formula is C3H18CmF9O18S3-3. The molecule has 0 spiro atoms. The first-order valence-corrected chi connectivity index (χ1v) is 8.04. The summed E-state index contributed by atoms with van der Waals surface area (Å²) in [5.41, 5.74) is -16.9. The van der Waals surface area contributed by atoms with Crippen LogP contribution in [-0.2, 0) is 30.4 Å². The van der Waals surface area contributed by atoms with Crippen LogP contribution in [0.15, 0.2) is 0 Å². The zero-order chi connectivity index (χ0) is 21.0. The Kier molecular flexibility index (Phi) is 60.0. The van der Waals surface area contributed by atoms with E-state index in [9.17, 15) is 39.5 Å². The molecule has 0 saturated heterocycles. The molecule has 0 aliphatic carbocycles. The maximum Gasteiger partial charge on any atom is 0.485 e. The second kappa shape index (κ2) is 23.9. The molecule has 0 unspecified atom stereocenters. The van der Waals surface area contributed by atoms with Crippen LogP contribution in [0.3, 0.4) is 0 Å². The van der Waals surface area contributed by atoms with E-state index in [-0.39, 0.29) is 49.3 Å². The third-order valence-corrected chi connectivity index (χ3v) is 2.55. The van der Waals surface area contributed by atoms with Crippen LogP contribution >= 0.6 is 0 Å². The van der Waals surface area contributed by atoms with Crippen molar-refractivity contribution in [3.8, 4) is 0 Å². The molecule has 18 nitrogen and oxygen atoms in total. The molecule has 31 heteroatoms. The van der Waals surface area contributed by atoms with Gasteiger partial charge in [0.2, 0.25) is 0 Å². The molecule has 0 aromatic carbocycles. The predicted molar refractivity (Wildman–Crippen MR) is 79.8 cm³/mol. The summed E-state index contributed by atoms with van der Waals surface area (Å²) < 4.78 is 177. The predicted octanol–water partition coefficient (Wildman–Crippen LogP) is -7.27. The summed E-state index contributed by atoms with van der Waals surface area (Å²) in [7, 11) is -18.3. The van der Waals surface area contributed by atoms with Crippen molar-refractivity contribution in [2.24, 2.45) is 0 Å². The van der Waals surface area contributed by atoms with Crippen molar-refractivity contribution in [1.29, 1.82) is 0 Å². The van der Waals surface area contributed by atoms with Gasteiger partial charge in [0, 0.05) is 0 Å². The molecule has 0 amide bonds. The number of rotatable bonds is 0. The van der Waals surface area contributed by atoms with Crippen LogP contribution in [0, 0.1) is 0 Å². The summed E-state index contributed by atoms with van der Waals surface area (Å²) in [5, 5.41) is 0. The van der Waals surface area contributed by atoms with Gasteiger partial charge in [-0.25, -0.2) is 25.3 Å². The van der Waals surface area contributed by atoms with E-state index in [1.807, 2.05) is 0 Å². The van der Waals surface area contributed by atoms with Crippen LogP contribution < -0.4 is 0 Å². The maximum absolute atomic E-state index is 10.7. The number of alkyl halides is 9. The standard InChI is InChI=1S/3CHF3O3S.Cm.9H2O/c3*2-1(3,4)8(5,6)7;;;;;;;;;;/h3*(H,5,6,7);;9*1H2/p-3. The molecule has 0 rings (SSSR count). The smallest absolute Gasteiger partial charge is 0.485 e. The molecule has 0 aliphatic heterocycles. The fourth-order valence-corrected chi connectivity index (χ4v) is 0. The molecule has 230 valence electrons. The molecule has 34 heavy (non-hydrogen) atoms. The molecule has 0 aliphatic rings. The monoisotopic (exact) mass is 852 g/mol. The Bertz CT molecular complexity index is 607. The van der Waals surface area contributed by atoms with Crippen LogP contribution in [0.5, 0.6) is 0 Å². The molecular weight excluding hydrogens is 838 g/mol. The summed E-state index contributed by atoms with van der Waals surface area (Å²) in [6, 6.07) is 0. The zero-order valence-electron chi connectivity index (χ0n) is 14.7. The van der Waals surface area contributed by atoms with Gasteiger partial charge >= 0.3 is 16.5 Å². The molecule has 0 radical (unpaired) electrons. The largest absolute Gasteiger partial charge is 0.741 e. The van der Waals surface area contributed by atoms with Crippen LogP contribution in [0.2, 0.25) is 0 Å². The molecule has 0 aromatic heterocycles. The van der Waals surface area contributed by atoms with Gasteiger partial charge in [-0.3, -0.25) is 0 Å². The van der Waals surface area contributed by atoms with Gasteiger partial charge in [0.15, 0.2) is 30.4 Å². The number of halogens is 9. The van der Waals surface area contributed by atoms with Crippen molar-refractivity contribution in [2.45, 2.75) is 16.5 Å². The van der Waals surface area contributed by atoms with E-state index in [0.29, 0.717) is 0 Å². The van der Waals surface area contributed by atoms with Gasteiger partial charge in [0.25, 0.3) is 0 Å². The van der Waals surface area contributed by atoms with E-state index in [1.54, 1.807) is 0 Å². The molecule has 0 heterocycles.